The van der Waals surface area contributed by atoms with Gasteiger partial charge in [0.2, 0.25) is 0 Å². The molecule has 0 aliphatic heterocycles. The smallest absolute Gasteiger partial charge is 0.335 e. The molecule has 0 unspecified atom stereocenters. The normalized spacial score (nSPS) is 13.1. The highest BCUT2D eigenvalue weighted by Crippen LogP contribution is 1.91. The van der Waals surface area contributed by atoms with Gasteiger partial charge in [0.15, 0.2) is 0 Å². The third-order valence-corrected chi connectivity index (χ3v) is 1.35. The fourth-order valence-corrected chi connectivity index (χ4v) is 0.583. The molecule has 0 spiro atoms. The van der Waals surface area contributed by atoms with Gasteiger partial charge in [0, 0.05) is 6.20 Å². The average molecular weight is 166 g/mol. The van der Waals surface area contributed by atoms with Gasteiger partial charge in [-0.05, 0) is 0 Å². The van der Waals surface area contributed by atoms with E-state index in [1.165, 1.54) is 0 Å². The molecule has 0 saturated heterocycles. The Morgan fingerprint density at radius 1 is 1.50 bits per heavy atom. The molecule has 0 aliphatic rings. The summed E-state index contributed by atoms with van der Waals surface area (Å²) in [7, 11) is -4.73. The van der Waals surface area contributed by atoms with Gasteiger partial charge in [-0.25, -0.2) is 0 Å². The van der Waals surface area contributed by atoms with Crippen LogP contribution in [0.2, 0.25) is 0 Å². The van der Waals surface area contributed by atoms with E-state index in [2.05, 4.69) is 5.73 Å². The molecule has 0 rings (SSSR count). The van der Waals surface area contributed by atoms with Crippen molar-refractivity contribution in [2.75, 3.05) is 0 Å². The van der Waals surface area contributed by atoms with E-state index in [1.54, 1.807) is 0 Å². The Morgan fingerprint density at radius 2 is 1.90 bits per heavy atom. The molecule has 0 aromatic rings. The Morgan fingerprint density at radius 3 is 2.00 bits per heavy atom. The van der Waals surface area contributed by atoms with Crippen molar-refractivity contribution >= 4 is 15.2 Å². The molecule has 5 N–H and O–H groups in total. The van der Waals surface area contributed by atoms with Crippen LogP contribution in [-0.4, -0.2) is 18.1 Å². The number of hydrogen-bond acceptors (Lipinski definition) is 5. The highest BCUT2D eigenvalue weighted by Gasteiger charge is 2.20. The quantitative estimate of drug-likeness (QED) is 0.310. The molecule has 6 nitrogen and oxygen atoms in total. The minimum absolute atomic E-state index is 0.593. The summed E-state index contributed by atoms with van der Waals surface area (Å²) in [4.78, 5) is 10.3. The van der Waals surface area contributed by atoms with Crippen LogP contribution in [0.4, 0.5) is 0 Å². The summed E-state index contributed by atoms with van der Waals surface area (Å²) < 4.78 is 28.0. The third kappa shape index (κ3) is 2.03. The molecule has 0 aromatic heterocycles. The molecule has 0 fully saturated rings. The minimum atomic E-state index is -4.73. The molecule has 58 valence electrons. The molecular weight excluding hydrogens is 160 g/mol. The number of carbonyl (C=O) groups is 1. The highest BCUT2D eigenvalue weighted by atomic mass is 32.2. The van der Waals surface area contributed by atoms with Crippen LogP contribution in [0, 0.1) is 0 Å². The van der Waals surface area contributed by atoms with Gasteiger partial charge in [0.05, 0.1) is 0 Å². The molecule has 0 saturated carbocycles. The van der Waals surface area contributed by atoms with E-state index in [4.69, 9.17) is 10.3 Å². The van der Waals surface area contributed by atoms with Crippen molar-refractivity contribution in [1.82, 2.24) is 0 Å². The van der Waals surface area contributed by atoms with Crippen LogP contribution >= 0.6 is 0 Å². The average Bonchev–Trinajstić information content (AvgIpc) is 1.83. The van der Waals surface area contributed by atoms with E-state index >= 15 is 0 Å². The van der Waals surface area contributed by atoms with Gasteiger partial charge >= 0.3 is 15.2 Å². The molecular formula is C3H6N2O4S. The standard InChI is InChI=1S/C3H6N2O4S/c4-1-2(5)3(6)10(7,8)9/h1H,4-5H2,(H,7,8,9). The second-order valence-electron chi connectivity index (χ2n) is 1.38. The maximum absolute atomic E-state index is 10.3. The Balaban J connectivity index is 4.75. The number of rotatable bonds is 1. The molecule has 0 bridgehead atoms. The monoisotopic (exact) mass is 166 g/mol. The Hall–Kier alpha value is -1.08. The highest BCUT2D eigenvalue weighted by molar-refractivity contribution is 8.01. The van der Waals surface area contributed by atoms with Gasteiger partial charge < -0.3 is 11.5 Å². The Bertz CT molecular complexity index is 264. The minimum Gasteiger partial charge on any atom is -0.403 e. The van der Waals surface area contributed by atoms with Gasteiger partial charge in [0.25, 0.3) is 0 Å². The van der Waals surface area contributed by atoms with E-state index in [9.17, 15) is 13.2 Å². The zero-order chi connectivity index (χ0) is 8.36. The summed E-state index contributed by atoms with van der Waals surface area (Å²) in [6.07, 6.45) is 0.593. The summed E-state index contributed by atoms with van der Waals surface area (Å²) in [6.45, 7) is 0. The predicted octanol–water partition coefficient (Wildman–Crippen LogP) is -1.84. The van der Waals surface area contributed by atoms with E-state index in [0.29, 0.717) is 6.20 Å². The van der Waals surface area contributed by atoms with Crippen LogP contribution in [-0.2, 0) is 14.9 Å². The van der Waals surface area contributed by atoms with Crippen molar-refractivity contribution < 1.29 is 17.8 Å². The first-order valence-corrected chi connectivity index (χ1v) is 3.52. The van der Waals surface area contributed by atoms with Crippen LogP contribution in [0.1, 0.15) is 0 Å². The SMILES string of the molecule is NC=C(N)C(=O)S(=O)(=O)O. The van der Waals surface area contributed by atoms with Gasteiger partial charge in [-0.1, -0.05) is 0 Å². The summed E-state index contributed by atoms with van der Waals surface area (Å²) in [5, 5.41) is -1.59. The number of carbonyl (C=O) groups excluding carboxylic acids is 1. The number of hydrogen-bond donors (Lipinski definition) is 3. The van der Waals surface area contributed by atoms with Crippen molar-refractivity contribution in [3.05, 3.63) is 11.9 Å². The molecule has 7 heteroatoms. The predicted molar refractivity (Wildman–Crippen MR) is 33.0 cm³/mol. The maximum Gasteiger partial charge on any atom is 0.335 e. The third-order valence-electron chi connectivity index (χ3n) is 0.650. The van der Waals surface area contributed by atoms with Crippen LogP contribution in [0.5, 0.6) is 0 Å². The molecule has 10 heavy (non-hydrogen) atoms. The van der Waals surface area contributed by atoms with E-state index in [-0.39, 0.29) is 0 Å². The lowest BCUT2D eigenvalue weighted by Crippen LogP contribution is -2.21. The fourth-order valence-electron chi connectivity index (χ4n) is 0.217. The molecule has 0 aromatic carbocycles. The Labute approximate surface area is 57.2 Å². The zero-order valence-corrected chi connectivity index (χ0v) is 5.63. The molecule has 0 amide bonds. The zero-order valence-electron chi connectivity index (χ0n) is 4.81. The molecule has 0 aliphatic carbocycles. The first kappa shape index (κ1) is 8.92. The molecule has 0 heterocycles. The van der Waals surface area contributed by atoms with Crippen molar-refractivity contribution in [3.63, 3.8) is 0 Å². The van der Waals surface area contributed by atoms with Gasteiger partial charge in [-0.15, -0.1) is 0 Å². The van der Waals surface area contributed by atoms with Crippen molar-refractivity contribution in [3.8, 4) is 0 Å². The van der Waals surface area contributed by atoms with Gasteiger partial charge in [0.1, 0.15) is 5.70 Å². The lowest BCUT2D eigenvalue weighted by atomic mass is 10.5. The van der Waals surface area contributed by atoms with Crippen LogP contribution in [0.3, 0.4) is 0 Å². The van der Waals surface area contributed by atoms with Gasteiger partial charge in [-0.3, -0.25) is 9.35 Å². The van der Waals surface area contributed by atoms with Crippen molar-refractivity contribution in [1.29, 1.82) is 0 Å². The van der Waals surface area contributed by atoms with Crippen LogP contribution < -0.4 is 11.5 Å². The summed E-state index contributed by atoms with van der Waals surface area (Å²) in [5.74, 6) is 0. The van der Waals surface area contributed by atoms with E-state index < -0.39 is 20.9 Å². The van der Waals surface area contributed by atoms with Crippen LogP contribution in [0.15, 0.2) is 11.9 Å². The molecule has 0 atom stereocenters. The Kier molecular flexibility index (Phi) is 2.38. The number of nitrogens with two attached hydrogens (primary N) is 2. The van der Waals surface area contributed by atoms with Crippen LogP contribution in [0.25, 0.3) is 0 Å². The van der Waals surface area contributed by atoms with Crippen molar-refractivity contribution in [2.45, 2.75) is 0 Å². The van der Waals surface area contributed by atoms with Crippen molar-refractivity contribution in [2.24, 2.45) is 11.5 Å². The second kappa shape index (κ2) is 2.67. The fraction of sp³-hybridized carbons (Fsp3) is 0. The lowest BCUT2D eigenvalue weighted by Gasteiger charge is -1.92. The molecule has 0 radical (unpaired) electrons. The van der Waals surface area contributed by atoms with E-state index in [1.807, 2.05) is 0 Å². The lowest BCUT2D eigenvalue weighted by molar-refractivity contribution is -0.109. The van der Waals surface area contributed by atoms with Gasteiger partial charge in [-0.2, -0.15) is 8.42 Å². The topological polar surface area (TPSA) is 123 Å². The summed E-state index contributed by atoms with van der Waals surface area (Å²) in [5.41, 5.74) is 8.73. The first-order chi connectivity index (χ1) is 4.39. The second-order valence-corrected chi connectivity index (χ2v) is 2.71. The first-order valence-electron chi connectivity index (χ1n) is 2.08. The summed E-state index contributed by atoms with van der Waals surface area (Å²) >= 11 is 0. The largest absolute Gasteiger partial charge is 0.403 e. The summed E-state index contributed by atoms with van der Waals surface area (Å²) in [6, 6.07) is 0. The maximum atomic E-state index is 10.3. The van der Waals surface area contributed by atoms with E-state index in [0.717, 1.165) is 0 Å².